The molecule has 1 atom stereocenters. The second kappa shape index (κ2) is 10.7. The fraction of sp³-hybridized carbons (Fsp3) is 0.312. The van der Waals surface area contributed by atoms with Gasteiger partial charge in [0.25, 0.3) is 0 Å². The van der Waals surface area contributed by atoms with E-state index in [2.05, 4.69) is 64.9 Å². The number of phenolic OH excluding ortho intramolecular Hbond substituents is 1. The molecule has 1 aliphatic heterocycles. The molecular formula is C32H32FNO2S. The summed E-state index contributed by atoms with van der Waals surface area (Å²) in [7, 11) is 0. The second-order valence-corrected chi connectivity index (χ2v) is 11.1. The maximum Gasteiger partial charge on any atom is 0.119 e. The number of phenols is 1. The Morgan fingerprint density at radius 3 is 2.70 bits per heavy atom. The van der Waals surface area contributed by atoms with E-state index in [1.54, 1.807) is 17.4 Å². The molecule has 0 radical (unpaired) electrons. The Balaban J connectivity index is 1.35. The van der Waals surface area contributed by atoms with Crippen molar-refractivity contribution >= 4 is 32.6 Å². The Bertz CT molecular complexity index is 1420. The molecule has 1 saturated heterocycles. The van der Waals surface area contributed by atoms with Crippen LogP contribution >= 0.6 is 11.3 Å². The second-order valence-electron chi connectivity index (χ2n) is 10.1. The van der Waals surface area contributed by atoms with Gasteiger partial charge in [0.2, 0.25) is 0 Å². The summed E-state index contributed by atoms with van der Waals surface area (Å²) in [6.07, 6.45) is 4.69. The fourth-order valence-electron chi connectivity index (χ4n) is 5.82. The number of fused-ring (bicyclic) bond motifs is 2. The van der Waals surface area contributed by atoms with Gasteiger partial charge in [0.05, 0.1) is 6.67 Å². The number of allylic oxidation sites excluding steroid dienone is 1. The molecular weight excluding hydrogens is 481 g/mol. The summed E-state index contributed by atoms with van der Waals surface area (Å²) in [5.74, 6) is 1.20. The predicted octanol–water partition coefficient (Wildman–Crippen LogP) is 7.72. The number of aromatic hydroxyl groups is 1. The van der Waals surface area contributed by atoms with Crippen LogP contribution in [0.4, 0.5) is 4.39 Å². The molecule has 5 heteroatoms. The zero-order valence-electron chi connectivity index (χ0n) is 21.0. The molecule has 3 nitrogen and oxygen atoms in total. The molecule has 0 saturated carbocycles. The number of aryl methyl sites for hydroxylation is 1. The van der Waals surface area contributed by atoms with Crippen molar-refractivity contribution in [1.82, 2.24) is 4.90 Å². The van der Waals surface area contributed by atoms with Gasteiger partial charge in [-0.1, -0.05) is 24.3 Å². The third kappa shape index (κ3) is 5.16. The van der Waals surface area contributed by atoms with Gasteiger partial charge in [-0.2, -0.15) is 0 Å². The van der Waals surface area contributed by atoms with Gasteiger partial charge in [0, 0.05) is 24.3 Å². The van der Waals surface area contributed by atoms with Crippen molar-refractivity contribution in [1.29, 1.82) is 0 Å². The highest BCUT2D eigenvalue weighted by Gasteiger charge is 2.24. The molecule has 1 aromatic heterocycles. The van der Waals surface area contributed by atoms with Crippen LogP contribution in [0.15, 0.2) is 72.1 Å². The van der Waals surface area contributed by atoms with Crippen LogP contribution in [0, 0.1) is 0 Å². The van der Waals surface area contributed by atoms with Crippen LogP contribution in [-0.2, 0) is 6.42 Å². The van der Waals surface area contributed by atoms with Crippen molar-refractivity contribution < 1.29 is 14.2 Å². The van der Waals surface area contributed by atoms with Crippen molar-refractivity contribution in [2.75, 3.05) is 26.3 Å². The Morgan fingerprint density at radius 1 is 0.973 bits per heavy atom. The van der Waals surface area contributed by atoms with Crippen LogP contribution in [0.5, 0.6) is 11.5 Å². The summed E-state index contributed by atoms with van der Waals surface area (Å²) in [5.41, 5.74) is 7.42. The van der Waals surface area contributed by atoms with E-state index in [1.807, 2.05) is 6.07 Å². The number of halogens is 1. The molecule has 3 aromatic carbocycles. The highest BCUT2D eigenvalue weighted by atomic mass is 32.1. The first-order valence-electron chi connectivity index (χ1n) is 13.3. The molecule has 0 amide bonds. The smallest absolute Gasteiger partial charge is 0.119 e. The van der Waals surface area contributed by atoms with E-state index in [0.717, 1.165) is 56.6 Å². The van der Waals surface area contributed by atoms with Gasteiger partial charge in [0.1, 0.15) is 17.6 Å². The first-order valence-corrected chi connectivity index (χ1v) is 14.1. The van der Waals surface area contributed by atoms with Crippen LogP contribution in [-0.4, -0.2) is 42.4 Å². The van der Waals surface area contributed by atoms with Gasteiger partial charge < -0.3 is 9.84 Å². The molecule has 190 valence electrons. The molecule has 2 aliphatic rings. The molecule has 1 fully saturated rings. The van der Waals surface area contributed by atoms with Crippen LogP contribution in [0.1, 0.15) is 47.9 Å². The van der Waals surface area contributed by atoms with Gasteiger partial charge in [-0.15, -0.1) is 11.3 Å². The van der Waals surface area contributed by atoms with Gasteiger partial charge in [-0.25, -0.2) is 0 Å². The summed E-state index contributed by atoms with van der Waals surface area (Å²) in [5, 5.41) is 13.6. The van der Waals surface area contributed by atoms with E-state index in [0.29, 0.717) is 12.2 Å². The Hall–Kier alpha value is -3.15. The monoisotopic (exact) mass is 513 g/mol. The zero-order valence-corrected chi connectivity index (χ0v) is 21.8. The lowest BCUT2D eigenvalue weighted by Crippen LogP contribution is -2.26. The Kier molecular flexibility index (Phi) is 6.99. The average Bonchev–Trinajstić information content (AvgIpc) is 3.53. The number of rotatable bonds is 7. The van der Waals surface area contributed by atoms with Crippen molar-refractivity contribution in [3.63, 3.8) is 0 Å². The largest absolute Gasteiger partial charge is 0.508 e. The van der Waals surface area contributed by atoms with Crippen molar-refractivity contribution in [3.05, 3.63) is 94.4 Å². The number of alkyl halides is 1. The summed E-state index contributed by atoms with van der Waals surface area (Å²) in [6, 6.07) is 23.3. The third-order valence-corrected chi connectivity index (χ3v) is 8.51. The third-order valence-electron chi connectivity index (χ3n) is 7.62. The lowest BCUT2D eigenvalue weighted by Gasteiger charge is -2.19. The predicted molar refractivity (Wildman–Crippen MR) is 151 cm³/mol. The van der Waals surface area contributed by atoms with Crippen LogP contribution < -0.4 is 4.74 Å². The lowest BCUT2D eigenvalue weighted by molar-refractivity contribution is 0.198. The SMILES string of the molecule is Oc1ccc2c(c1)CCCC(c1ccc3sccc3c1)=C2c1ccc(O[C@H]2CCN(CCCF)C2)cc1. The highest BCUT2D eigenvalue weighted by molar-refractivity contribution is 7.17. The minimum Gasteiger partial charge on any atom is -0.508 e. The number of hydrogen-bond donors (Lipinski definition) is 1. The van der Waals surface area contributed by atoms with E-state index < -0.39 is 0 Å². The number of nitrogens with zero attached hydrogens (tertiary/aromatic N) is 1. The van der Waals surface area contributed by atoms with Gasteiger partial charge in [-0.3, -0.25) is 9.29 Å². The molecule has 1 N–H and O–H groups in total. The number of likely N-dealkylation sites (tertiary alicyclic amines) is 1. The topological polar surface area (TPSA) is 32.7 Å². The number of thiophene rings is 1. The van der Waals surface area contributed by atoms with E-state index in [-0.39, 0.29) is 12.8 Å². The molecule has 1 aliphatic carbocycles. The summed E-state index contributed by atoms with van der Waals surface area (Å²) < 4.78 is 20.1. The maximum absolute atomic E-state index is 12.5. The highest BCUT2D eigenvalue weighted by Crippen LogP contribution is 2.42. The van der Waals surface area contributed by atoms with Crippen molar-refractivity contribution in [3.8, 4) is 11.5 Å². The van der Waals surface area contributed by atoms with Gasteiger partial charge in [0.15, 0.2) is 0 Å². The zero-order chi connectivity index (χ0) is 25.2. The Labute approximate surface area is 221 Å². The van der Waals surface area contributed by atoms with Crippen LogP contribution in [0.25, 0.3) is 21.2 Å². The van der Waals surface area contributed by atoms with E-state index in [9.17, 15) is 9.50 Å². The van der Waals surface area contributed by atoms with Crippen LogP contribution in [0.2, 0.25) is 0 Å². The molecule has 6 rings (SSSR count). The fourth-order valence-corrected chi connectivity index (χ4v) is 6.59. The molecule has 2 heterocycles. The van der Waals surface area contributed by atoms with Gasteiger partial charge >= 0.3 is 0 Å². The summed E-state index contributed by atoms with van der Waals surface area (Å²) in [4.78, 5) is 2.29. The standard InChI is InChI=1S/C32H32FNO2S/c33-15-2-16-34-17-13-28(21-34)36-27-9-5-22(6-10-27)32-29(24-7-12-31-25(19-24)14-18-37-31)4-1-3-23-20-26(35)8-11-30(23)32/h5-12,14,18-20,28,35H,1-4,13,15-17,21H2/t28-/m0/s1. The molecule has 0 bridgehead atoms. The normalized spacial score (nSPS) is 18.2. The van der Waals surface area contributed by atoms with Crippen molar-refractivity contribution in [2.45, 2.75) is 38.2 Å². The molecule has 0 unspecified atom stereocenters. The number of hydrogen-bond acceptors (Lipinski definition) is 4. The lowest BCUT2D eigenvalue weighted by atomic mass is 9.87. The van der Waals surface area contributed by atoms with Gasteiger partial charge in [-0.05, 0) is 119 Å². The molecule has 37 heavy (non-hydrogen) atoms. The Morgan fingerprint density at radius 2 is 1.84 bits per heavy atom. The molecule has 0 spiro atoms. The minimum atomic E-state index is -0.259. The van der Waals surface area contributed by atoms with Crippen LogP contribution in [0.3, 0.4) is 0 Å². The summed E-state index contributed by atoms with van der Waals surface area (Å²) >= 11 is 1.77. The van der Waals surface area contributed by atoms with E-state index >= 15 is 0 Å². The maximum atomic E-state index is 12.5. The van der Waals surface area contributed by atoms with Crippen molar-refractivity contribution in [2.24, 2.45) is 0 Å². The first kappa shape index (κ1) is 24.2. The quantitative estimate of drug-likeness (QED) is 0.275. The molecule has 4 aromatic rings. The minimum absolute atomic E-state index is 0.152. The average molecular weight is 514 g/mol. The first-order chi connectivity index (χ1) is 18.2. The van der Waals surface area contributed by atoms with E-state index in [1.165, 1.54) is 37.9 Å². The summed E-state index contributed by atoms with van der Waals surface area (Å²) in [6.45, 7) is 2.37. The van der Waals surface area contributed by atoms with E-state index in [4.69, 9.17) is 4.74 Å². The number of ether oxygens (including phenoxy) is 1. The number of benzene rings is 3.